The zero-order valence-corrected chi connectivity index (χ0v) is 7.83. The first-order chi connectivity index (χ1) is 6.61. The number of carboxylic acid groups (broad SMARTS) is 1. The van der Waals surface area contributed by atoms with Crippen LogP contribution in [-0.4, -0.2) is 26.3 Å². The summed E-state index contributed by atoms with van der Waals surface area (Å²) in [6.07, 6.45) is 1.59. The lowest BCUT2D eigenvalue weighted by Crippen LogP contribution is -2.05. The molecule has 0 radical (unpaired) electrons. The van der Waals surface area contributed by atoms with Crippen LogP contribution in [0.1, 0.15) is 21.6 Å². The molecular weight excluding hydrogens is 182 g/mol. The summed E-state index contributed by atoms with van der Waals surface area (Å²) in [5.74, 6) is -0.949. The predicted octanol–water partition coefficient (Wildman–Crippen LogP) is 1.27. The molecule has 5 nitrogen and oxygen atoms in total. The first kappa shape index (κ1) is 8.68. The van der Waals surface area contributed by atoms with Crippen molar-refractivity contribution in [3.8, 4) is 0 Å². The molecule has 0 aliphatic carbocycles. The Kier molecular flexibility index (Phi) is 1.73. The van der Waals surface area contributed by atoms with Crippen LogP contribution in [0.2, 0.25) is 0 Å². The summed E-state index contributed by atoms with van der Waals surface area (Å²) < 4.78 is 0. The van der Waals surface area contributed by atoms with Gasteiger partial charge in [0, 0.05) is 5.39 Å². The molecule has 2 aromatic rings. The molecule has 2 rings (SSSR count). The lowest BCUT2D eigenvalue weighted by molar-refractivity contribution is 0.0695. The van der Waals surface area contributed by atoms with Crippen molar-refractivity contribution < 1.29 is 9.90 Å². The number of nitrogens with zero attached hydrogens (tertiary/aromatic N) is 2. The van der Waals surface area contributed by atoms with Gasteiger partial charge in [0.05, 0.1) is 17.5 Å². The number of carbonyl (C=O) groups is 1. The third kappa shape index (κ3) is 1.06. The summed E-state index contributed by atoms with van der Waals surface area (Å²) in [6, 6.07) is 0. The standard InChI is InChI=1S/C9H9N3O2/c1-4-6-3-10-12-8(6)11-5(2)7(4)9(13)14/h3H,1-2H3,(H,13,14)(H,10,11,12). The Hall–Kier alpha value is -1.91. The number of pyridine rings is 1. The number of aromatic amines is 1. The Morgan fingerprint density at radius 1 is 1.50 bits per heavy atom. The highest BCUT2D eigenvalue weighted by atomic mass is 16.4. The van der Waals surface area contributed by atoms with Crippen LogP contribution in [0.5, 0.6) is 0 Å². The molecule has 2 heterocycles. The van der Waals surface area contributed by atoms with Gasteiger partial charge in [0.1, 0.15) is 0 Å². The molecule has 0 aliphatic heterocycles. The normalized spacial score (nSPS) is 10.7. The number of H-pyrrole nitrogens is 1. The number of aromatic carboxylic acids is 1. The van der Waals surface area contributed by atoms with Crippen LogP contribution in [0.15, 0.2) is 6.20 Å². The maximum Gasteiger partial charge on any atom is 0.337 e. The van der Waals surface area contributed by atoms with Crippen LogP contribution in [0.4, 0.5) is 0 Å². The summed E-state index contributed by atoms with van der Waals surface area (Å²) in [5, 5.41) is 16.3. The van der Waals surface area contributed by atoms with Gasteiger partial charge in [-0.1, -0.05) is 0 Å². The van der Waals surface area contributed by atoms with E-state index in [2.05, 4.69) is 15.2 Å². The van der Waals surface area contributed by atoms with Crippen molar-refractivity contribution in [1.82, 2.24) is 15.2 Å². The van der Waals surface area contributed by atoms with E-state index in [4.69, 9.17) is 5.11 Å². The van der Waals surface area contributed by atoms with Gasteiger partial charge >= 0.3 is 5.97 Å². The van der Waals surface area contributed by atoms with Crippen LogP contribution >= 0.6 is 0 Å². The van der Waals surface area contributed by atoms with Crippen molar-refractivity contribution in [2.45, 2.75) is 13.8 Å². The summed E-state index contributed by atoms with van der Waals surface area (Å²) in [6.45, 7) is 3.44. The van der Waals surface area contributed by atoms with Gasteiger partial charge in [0.15, 0.2) is 5.65 Å². The number of fused-ring (bicyclic) bond motifs is 1. The number of aromatic nitrogens is 3. The number of aryl methyl sites for hydroxylation is 2. The van der Waals surface area contributed by atoms with Crippen molar-refractivity contribution in [3.05, 3.63) is 23.0 Å². The van der Waals surface area contributed by atoms with Crippen molar-refractivity contribution in [3.63, 3.8) is 0 Å². The van der Waals surface area contributed by atoms with E-state index in [1.54, 1.807) is 20.0 Å². The van der Waals surface area contributed by atoms with E-state index in [-0.39, 0.29) is 5.56 Å². The summed E-state index contributed by atoms with van der Waals surface area (Å²) in [7, 11) is 0. The Labute approximate surface area is 79.8 Å². The van der Waals surface area contributed by atoms with Crippen LogP contribution in [-0.2, 0) is 0 Å². The molecule has 0 fully saturated rings. The maximum atomic E-state index is 10.9. The highest BCUT2D eigenvalue weighted by molar-refractivity contribution is 5.96. The molecule has 0 saturated carbocycles. The molecule has 5 heteroatoms. The fourth-order valence-electron chi connectivity index (χ4n) is 1.58. The van der Waals surface area contributed by atoms with Gasteiger partial charge in [0.2, 0.25) is 0 Å². The lowest BCUT2D eigenvalue weighted by atomic mass is 10.1. The zero-order valence-electron chi connectivity index (χ0n) is 7.83. The molecule has 0 atom stereocenters. The Bertz CT molecular complexity index is 516. The second-order valence-corrected chi connectivity index (χ2v) is 3.13. The van der Waals surface area contributed by atoms with Gasteiger partial charge in [-0.3, -0.25) is 5.10 Å². The highest BCUT2D eigenvalue weighted by Gasteiger charge is 2.15. The van der Waals surface area contributed by atoms with Gasteiger partial charge < -0.3 is 5.11 Å². The first-order valence-electron chi connectivity index (χ1n) is 4.15. The number of carboxylic acids is 1. The molecule has 14 heavy (non-hydrogen) atoms. The molecule has 0 spiro atoms. The molecule has 0 bridgehead atoms. The van der Waals surface area contributed by atoms with Crippen LogP contribution < -0.4 is 0 Å². The second-order valence-electron chi connectivity index (χ2n) is 3.13. The largest absolute Gasteiger partial charge is 0.478 e. The molecule has 0 amide bonds. The van der Waals surface area contributed by atoms with Crippen molar-refractivity contribution in [2.24, 2.45) is 0 Å². The number of rotatable bonds is 1. The van der Waals surface area contributed by atoms with Crippen molar-refractivity contribution >= 4 is 17.0 Å². The van der Waals surface area contributed by atoms with Gasteiger partial charge in [-0.05, 0) is 19.4 Å². The van der Waals surface area contributed by atoms with E-state index in [9.17, 15) is 4.79 Å². The monoisotopic (exact) mass is 191 g/mol. The van der Waals surface area contributed by atoms with Crippen LogP contribution in [0, 0.1) is 13.8 Å². The van der Waals surface area contributed by atoms with E-state index in [1.807, 2.05) is 0 Å². The summed E-state index contributed by atoms with van der Waals surface area (Å²) in [5.41, 5.74) is 2.10. The maximum absolute atomic E-state index is 10.9. The van der Waals surface area contributed by atoms with Gasteiger partial charge in [0.25, 0.3) is 0 Å². The third-order valence-electron chi connectivity index (χ3n) is 2.25. The van der Waals surface area contributed by atoms with Gasteiger partial charge in [-0.2, -0.15) is 5.10 Å². The van der Waals surface area contributed by atoms with Crippen molar-refractivity contribution in [2.75, 3.05) is 0 Å². The number of hydrogen-bond acceptors (Lipinski definition) is 3. The quantitative estimate of drug-likeness (QED) is 0.711. The van der Waals surface area contributed by atoms with E-state index < -0.39 is 5.97 Å². The molecule has 0 aromatic carbocycles. The molecule has 72 valence electrons. The summed E-state index contributed by atoms with van der Waals surface area (Å²) in [4.78, 5) is 15.1. The van der Waals surface area contributed by atoms with E-state index >= 15 is 0 Å². The first-order valence-corrected chi connectivity index (χ1v) is 4.15. The Morgan fingerprint density at radius 3 is 2.86 bits per heavy atom. The third-order valence-corrected chi connectivity index (χ3v) is 2.25. The topological polar surface area (TPSA) is 78.9 Å². The van der Waals surface area contributed by atoms with Crippen LogP contribution in [0.3, 0.4) is 0 Å². The number of nitrogens with one attached hydrogen (secondary N) is 1. The molecule has 2 N–H and O–H groups in total. The SMILES string of the molecule is Cc1nc2[nH]ncc2c(C)c1C(=O)O. The van der Waals surface area contributed by atoms with E-state index in [0.717, 1.165) is 5.39 Å². The fraction of sp³-hybridized carbons (Fsp3) is 0.222. The number of hydrogen-bond donors (Lipinski definition) is 2. The highest BCUT2D eigenvalue weighted by Crippen LogP contribution is 2.20. The van der Waals surface area contributed by atoms with E-state index in [0.29, 0.717) is 16.9 Å². The molecule has 0 unspecified atom stereocenters. The van der Waals surface area contributed by atoms with Gasteiger partial charge in [-0.15, -0.1) is 0 Å². The Morgan fingerprint density at radius 2 is 2.21 bits per heavy atom. The van der Waals surface area contributed by atoms with Crippen LogP contribution in [0.25, 0.3) is 11.0 Å². The average Bonchev–Trinajstić information content (AvgIpc) is 2.50. The van der Waals surface area contributed by atoms with Gasteiger partial charge in [-0.25, -0.2) is 9.78 Å². The average molecular weight is 191 g/mol. The minimum absolute atomic E-state index is 0.263. The smallest absolute Gasteiger partial charge is 0.337 e. The minimum atomic E-state index is -0.949. The van der Waals surface area contributed by atoms with E-state index in [1.165, 1.54) is 0 Å². The van der Waals surface area contributed by atoms with Crippen molar-refractivity contribution in [1.29, 1.82) is 0 Å². The molecule has 0 saturated heterocycles. The molecule has 2 aromatic heterocycles. The lowest BCUT2D eigenvalue weighted by Gasteiger charge is -2.04. The summed E-state index contributed by atoms with van der Waals surface area (Å²) >= 11 is 0. The molecule has 0 aliphatic rings. The fourth-order valence-corrected chi connectivity index (χ4v) is 1.58. The minimum Gasteiger partial charge on any atom is -0.478 e. The predicted molar refractivity (Wildman–Crippen MR) is 50.3 cm³/mol. The zero-order chi connectivity index (χ0) is 10.3. The molecular formula is C9H9N3O2. The second kappa shape index (κ2) is 2.80. The Balaban J connectivity index is 2.89.